The minimum Gasteiger partial charge on any atom is -0.329 e. The van der Waals surface area contributed by atoms with Gasteiger partial charge in [0.15, 0.2) is 0 Å². The average molecular weight is 237 g/mol. The van der Waals surface area contributed by atoms with Crippen molar-refractivity contribution in [1.82, 2.24) is 20.9 Å². The summed E-state index contributed by atoms with van der Waals surface area (Å²) in [6, 6.07) is 5.96. The molecule has 5 N–H and O–H groups in total. The second-order valence-electron chi connectivity index (χ2n) is 3.79. The van der Waals surface area contributed by atoms with Gasteiger partial charge in [0.1, 0.15) is 0 Å². The molecule has 0 atom stereocenters. The summed E-state index contributed by atoms with van der Waals surface area (Å²) in [6.07, 6.45) is 1.82. The maximum atomic E-state index is 5.37. The van der Waals surface area contributed by atoms with E-state index in [1.165, 1.54) is 0 Å². The predicted molar refractivity (Wildman–Crippen MR) is 70.7 cm³/mol. The van der Waals surface area contributed by atoms with Gasteiger partial charge in [-0.3, -0.25) is 4.98 Å². The lowest BCUT2D eigenvalue weighted by atomic mass is 10.3. The molecule has 1 heterocycles. The van der Waals surface area contributed by atoms with E-state index in [1.807, 2.05) is 24.4 Å². The molecular weight excluding hydrogens is 214 g/mol. The third-order valence-electron chi connectivity index (χ3n) is 2.31. The predicted octanol–water partition coefficient (Wildman–Crippen LogP) is -0.691. The van der Waals surface area contributed by atoms with Gasteiger partial charge in [-0.15, -0.1) is 0 Å². The number of hydrogen-bond acceptors (Lipinski definition) is 5. The molecule has 96 valence electrons. The van der Waals surface area contributed by atoms with Crippen molar-refractivity contribution in [2.75, 3.05) is 39.3 Å². The highest BCUT2D eigenvalue weighted by molar-refractivity contribution is 5.02. The molecular formula is C12H23N5. The fourth-order valence-corrected chi connectivity index (χ4v) is 1.42. The summed E-state index contributed by atoms with van der Waals surface area (Å²) in [4.78, 5) is 4.24. The third kappa shape index (κ3) is 7.82. The number of hydrogen-bond donors (Lipinski definition) is 4. The minimum absolute atomic E-state index is 0.700. The van der Waals surface area contributed by atoms with Crippen molar-refractivity contribution in [2.45, 2.75) is 6.54 Å². The topological polar surface area (TPSA) is 75.0 Å². The molecule has 0 aliphatic carbocycles. The van der Waals surface area contributed by atoms with Crippen LogP contribution in [0.2, 0.25) is 0 Å². The molecule has 1 rings (SSSR count). The number of pyridine rings is 1. The van der Waals surface area contributed by atoms with E-state index in [-0.39, 0.29) is 0 Å². The van der Waals surface area contributed by atoms with E-state index in [0.29, 0.717) is 6.54 Å². The third-order valence-corrected chi connectivity index (χ3v) is 2.31. The summed E-state index contributed by atoms with van der Waals surface area (Å²) in [5.74, 6) is 0. The first kappa shape index (κ1) is 14.1. The Bertz CT molecular complexity index is 265. The summed E-state index contributed by atoms with van der Waals surface area (Å²) in [5.41, 5.74) is 6.45. The maximum absolute atomic E-state index is 5.37. The molecule has 0 aliphatic heterocycles. The van der Waals surface area contributed by atoms with Gasteiger partial charge in [-0.25, -0.2) is 0 Å². The van der Waals surface area contributed by atoms with Crippen LogP contribution in [0.5, 0.6) is 0 Å². The molecule has 1 aromatic heterocycles. The van der Waals surface area contributed by atoms with Crippen LogP contribution in [0.4, 0.5) is 0 Å². The van der Waals surface area contributed by atoms with Gasteiger partial charge in [-0.05, 0) is 12.1 Å². The SMILES string of the molecule is NCCNCCNCCNCc1ccccn1. The van der Waals surface area contributed by atoms with Crippen LogP contribution in [-0.4, -0.2) is 44.3 Å². The van der Waals surface area contributed by atoms with Crippen molar-refractivity contribution in [1.29, 1.82) is 0 Å². The molecule has 0 radical (unpaired) electrons. The summed E-state index contributed by atoms with van der Waals surface area (Å²) in [7, 11) is 0. The smallest absolute Gasteiger partial charge is 0.0541 e. The Balaban J connectivity index is 1.85. The maximum Gasteiger partial charge on any atom is 0.0541 e. The molecule has 0 fully saturated rings. The van der Waals surface area contributed by atoms with E-state index in [4.69, 9.17) is 5.73 Å². The highest BCUT2D eigenvalue weighted by Gasteiger charge is 1.91. The van der Waals surface area contributed by atoms with Gasteiger partial charge in [0.25, 0.3) is 0 Å². The fourth-order valence-electron chi connectivity index (χ4n) is 1.42. The first-order valence-corrected chi connectivity index (χ1v) is 6.15. The molecule has 0 saturated carbocycles. The van der Waals surface area contributed by atoms with Crippen LogP contribution in [0.25, 0.3) is 0 Å². The Kier molecular flexibility index (Phi) is 8.40. The van der Waals surface area contributed by atoms with E-state index < -0.39 is 0 Å². The first-order valence-electron chi connectivity index (χ1n) is 6.15. The van der Waals surface area contributed by atoms with Gasteiger partial charge in [0, 0.05) is 52.0 Å². The minimum atomic E-state index is 0.700. The molecule has 0 aliphatic rings. The van der Waals surface area contributed by atoms with E-state index >= 15 is 0 Å². The largest absolute Gasteiger partial charge is 0.329 e. The zero-order valence-electron chi connectivity index (χ0n) is 10.3. The number of nitrogens with two attached hydrogens (primary N) is 1. The van der Waals surface area contributed by atoms with Gasteiger partial charge < -0.3 is 21.7 Å². The highest BCUT2D eigenvalue weighted by Crippen LogP contribution is 1.90. The summed E-state index contributed by atoms with van der Waals surface area (Å²) in [5, 5.41) is 9.92. The van der Waals surface area contributed by atoms with E-state index in [2.05, 4.69) is 20.9 Å². The lowest BCUT2D eigenvalue weighted by molar-refractivity contribution is 0.580. The highest BCUT2D eigenvalue weighted by atomic mass is 15.0. The molecule has 17 heavy (non-hydrogen) atoms. The van der Waals surface area contributed by atoms with E-state index in [9.17, 15) is 0 Å². The van der Waals surface area contributed by atoms with Crippen molar-refractivity contribution in [3.8, 4) is 0 Å². The average Bonchev–Trinajstić information content (AvgIpc) is 2.38. The van der Waals surface area contributed by atoms with Crippen LogP contribution in [-0.2, 0) is 6.54 Å². The van der Waals surface area contributed by atoms with Gasteiger partial charge >= 0.3 is 0 Å². The molecule has 0 saturated heterocycles. The normalized spacial score (nSPS) is 10.6. The van der Waals surface area contributed by atoms with Gasteiger partial charge in [-0.2, -0.15) is 0 Å². The zero-order valence-corrected chi connectivity index (χ0v) is 10.3. The van der Waals surface area contributed by atoms with Crippen molar-refractivity contribution < 1.29 is 0 Å². The summed E-state index contributed by atoms with van der Waals surface area (Å²) < 4.78 is 0. The van der Waals surface area contributed by atoms with Crippen molar-refractivity contribution in [3.63, 3.8) is 0 Å². The molecule has 1 aromatic rings. The lowest BCUT2D eigenvalue weighted by Gasteiger charge is -2.07. The second-order valence-corrected chi connectivity index (χ2v) is 3.79. The monoisotopic (exact) mass is 237 g/mol. The number of rotatable bonds is 10. The Morgan fingerprint density at radius 3 is 2.29 bits per heavy atom. The van der Waals surface area contributed by atoms with Crippen LogP contribution in [0.1, 0.15) is 5.69 Å². The van der Waals surface area contributed by atoms with Gasteiger partial charge in [-0.1, -0.05) is 6.07 Å². The van der Waals surface area contributed by atoms with Crippen LogP contribution in [0.15, 0.2) is 24.4 Å². The van der Waals surface area contributed by atoms with Crippen LogP contribution in [0, 0.1) is 0 Å². The fraction of sp³-hybridized carbons (Fsp3) is 0.583. The Morgan fingerprint density at radius 2 is 1.65 bits per heavy atom. The van der Waals surface area contributed by atoms with Crippen molar-refractivity contribution >= 4 is 0 Å². The van der Waals surface area contributed by atoms with Crippen molar-refractivity contribution in [2.24, 2.45) is 5.73 Å². The Morgan fingerprint density at radius 1 is 0.941 bits per heavy atom. The van der Waals surface area contributed by atoms with E-state index in [0.717, 1.165) is 45.0 Å². The summed E-state index contributed by atoms with van der Waals surface area (Å²) in [6.45, 7) is 6.28. The molecule has 0 unspecified atom stereocenters. The second kappa shape index (κ2) is 10.2. The molecule has 0 spiro atoms. The van der Waals surface area contributed by atoms with Crippen LogP contribution >= 0.6 is 0 Å². The van der Waals surface area contributed by atoms with E-state index in [1.54, 1.807) is 0 Å². The Labute approximate surface area is 103 Å². The number of nitrogens with zero attached hydrogens (tertiary/aromatic N) is 1. The molecule has 0 bridgehead atoms. The number of aromatic nitrogens is 1. The van der Waals surface area contributed by atoms with Gasteiger partial charge in [0.2, 0.25) is 0 Å². The molecule has 5 heteroatoms. The zero-order chi connectivity index (χ0) is 12.2. The lowest BCUT2D eigenvalue weighted by Crippen LogP contribution is -2.34. The van der Waals surface area contributed by atoms with Crippen LogP contribution in [0.3, 0.4) is 0 Å². The molecule has 0 amide bonds. The molecule has 5 nitrogen and oxygen atoms in total. The Hall–Kier alpha value is -1.01. The standard InChI is InChI=1S/C12H23N5/c13-4-6-14-7-8-15-9-10-16-11-12-3-1-2-5-17-12/h1-3,5,14-16H,4,6-11,13H2. The summed E-state index contributed by atoms with van der Waals surface area (Å²) >= 11 is 0. The number of nitrogens with one attached hydrogen (secondary N) is 3. The van der Waals surface area contributed by atoms with Crippen molar-refractivity contribution in [3.05, 3.63) is 30.1 Å². The first-order chi connectivity index (χ1) is 8.43. The van der Waals surface area contributed by atoms with Crippen LogP contribution < -0.4 is 21.7 Å². The quantitative estimate of drug-likeness (QED) is 0.405. The molecule has 0 aromatic carbocycles. The van der Waals surface area contributed by atoms with Gasteiger partial charge in [0.05, 0.1) is 5.69 Å².